The Balaban J connectivity index is 1.86. The predicted molar refractivity (Wildman–Crippen MR) is 61.7 cm³/mol. The molecule has 0 atom stereocenters. The van der Waals surface area contributed by atoms with Crippen molar-refractivity contribution in [1.29, 1.82) is 0 Å². The fourth-order valence-corrected chi connectivity index (χ4v) is 1.68. The van der Waals surface area contributed by atoms with Gasteiger partial charge < -0.3 is 14.6 Å². The minimum absolute atomic E-state index is 0.158. The van der Waals surface area contributed by atoms with Gasteiger partial charge >= 0.3 is 5.97 Å². The number of aliphatic carboxylic acids is 1. The fraction of sp³-hybridized carbons (Fsp3) is 0.308. The van der Waals surface area contributed by atoms with E-state index in [1.54, 1.807) is 0 Å². The number of hydrogen-bond acceptors (Lipinski definition) is 3. The lowest BCUT2D eigenvalue weighted by atomic mass is 10.0. The van der Waals surface area contributed by atoms with Gasteiger partial charge in [-0.3, -0.25) is 4.79 Å². The van der Waals surface area contributed by atoms with Gasteiger partial charge in [-0.2, -0.15) is 0 Å². The highest BCUT2D eigenvalue weighted by Crippen LogP contribution is 2.24. The van der Waals surface area contributed by atoms with Gasteiger partial charge in [0.05, 0.1) is 0 Å². The highest BCUT2D eigenvalue weighted by molar-refractivity contribution is 5.69. The van der Waals surface area contributed by atoms with Crippen molar-refractivity contribution in [2.24, 2.45) is 0 Å². The second kappa shape index (κ2) is 5.39. The zero-order chi connectivity index (χ0) is 12.1. The molecule has 2 aliphatic rings. The van der Waals surface area contributed by atoms with Crippen molar-refractivity contribution < 1.29 is 19.4 Å². The minimum Gasteiger partial charge on any atom is -0.481 e. The molecule has 4 nitrogen and oxygen atoms in total. The van der Waals surface area contributed by atoms with Gasteiger partial charge in [0.15, 0.2) is 0 Å². The molecule has 1 heterocycles. The van der Waals surface area contributed by atoms with Crippen LogP contribution >= 0.6 is 0 Å². The number of carboxylic acid groups (broad SMARTS) is 1. The Morgan fingerprint density at radius 3 is 2.65 bits per heavy atom. The van der Waals surface area contributed by atoms with Crippen LogP contribution < -0.4 is 0 Å². The van der Waals surface area contributed by atoms with Crippen LogP contribution in [-0.4, -0.2) is 11.1 Å². The minimum atomic E-state index is -0.933. The maximum absolute atomic E-state index is 10.5. The van der Waals surface area contributed by atoms with E-state index in [0.29, 0.717) is 17.9 Å². The van der Waals surface area contributed by atoms with E-state index in [9.17, 15) is 4.79 Å². The van der Waals surface area contributed by atoms with E-state index in [-0.39, 0.29) is 6.42 Å². The van der Waals surface area contributed by atoms with Gasteiger partial charge in [0.2, 0.25) is 0 Å². The van der Waals surface area contributed by atoms with Crippen LogP contribution in [-0.2, 0) is 14.3 Å². The summed E-state index contributed by atoms with van der Waals surface area (Å²) in [6.45, 7) is 0. The molecule has 0 saturated carbocycles. The van der Waals surface area contributed by atoms with E-state index in [2.05, 4.69) is 12.2 Å². The lowest BCUT2D eigenvalue weighted by Gasteiger charge is -2.16. The molecule has 4 heteroatoms. The zero-order valence-electron chi connectivity index (χ0n) is 9.39. The lowest BCUT2D eigenvalue weighted by Crippen LogP contribution is -2.04. The molecule has 0 saturated heterocycles. The molecule has 90 valence electrons. The molecule has 17 heavy (non-hydrogen) atoms. The SMILES string of the molecule is O=C(O)CC1=COC(CC2=CC=CCC2)=CO1. The third kappa shape index (κ3) is 3.52. The van der Waals surface area contributed by atoms with Gasteiger partial charge in [0.25, 0.3) is 0 Å². The van der Waals surface area contributed by atoms with Crippen molar-refractivity contribution in [3.05, 3.63) is 47.8 Å². The van der Waals surface area contributed by atoms with E-state index in [4.69, 9.17) is 14.6 Å². The maximum Gasteiger partial charge on any atom is 0.311 e. The Bertz CT molecular complexity index is 427. The van der Waals surface area contributed by atoms with Crippen LogP contribution in [0.5, 0.6) is 0 Å². The molecule has 0 amide bonds. The summed E-state index contributed by atoms with van der Waals surface area (Å²) in [5.41, 5.74) is 1.29. The molecule has 0 aromatic rings. The molecule has 0 aromatic carbocycles. The van der Waals surface area contributed by atoms with Crippen LogP contribution in [0.4, 0.5) is 0 Å². The van der Waals surface area contributed by atoms with Crippen LogP contribution in [0.15, 0.2) is 47.8 Å². The number of allylic oxidation sites excluding steroid dienone is 4. The first kappa shape index (κ1) is 11.5. The van der Waals surface area contributed by atoms with E-state index in [1.807, 2.05) is 6.08 Å². The first-order valence-electron chi connectivity index (χ1n) is 5.52. The molecular weight excluding hydrogens is 220 g/mol. The second-order valence-corrected chi connectivity index (χ2v) is 3.94. The van der Waals surface area contributed by atoms with E-state index in [1.165, 1.54) is 18.1 Å². The molecule has 0 radical (unpaired) electrons. The van der Waals surface area contributed by atoms with Crippen LogP contribution in [0.1, 0.15) is 25.7 Å². The lowest BCUT2D eigenvalue weighted by molar-refractivity contribution is -0.136. The first-order chi connectivity index (χ1) is 8.24. The normalized spacial score (nSPS) is 18.5. The van der Waals surface area contributed by atoms with E-state index < -0.39 is 5.97 Å². The van der Waals surface area contributed by atoms with Gasteiger partial charge in [-0.05, 0) is 12.8 Å². The molecule has 0 aromatic heterocycles. The van der Waals surface area contributed by atoms with Crippen LogP contribution in [0.2, 0.25) is 0 Å². The Labute approximate surface area is 99.5 Å². The number of ether oxygens (including phenoxy) is 2. The molecular formula is C13H14O4. The average Bonchev–Trinajstić information content (AvgIpc) is 2.32. The third-order valence-electron chi connectivity index (χ3n) is 2.51. The molecule has 0 unspecified atom stereocenters. The van der Waals surface area contributed by atoms with Gasteiger partial charge in [-0.25, -0.2) is 0 Å². The molecule has 0 bridgehead atoms. The summed E-state index contributed by atoms with van der Waals surface area (Å²) in [4.78, 5) is 10.5. The Kier molecular flexibility index (Phi) is 3.65. The molecule has 2 rings (SSSR count). The maximum atomic E-state index is 10.5. The van der Waals surface area contributed by atoms with E-state index in [0.717, 1.165) is 12.8 Å². The van der Waals surface area contributed by atoms with Crippen molar-refractivity contribution in [2.75, 3.05) is 0 Å². The zero-order valence-corrected chi connectivity index (χ0v) is 9.39. The van der Waals surface area contributed by atoms with Gasteiger partial charge in [0, 0.05) is 6.42 Å². The number of carboxylic acids is 1. The number of carbonyl (C=O) groups is 1. The van der Waals surface area contributed by atoms with Gasteiger partial charge in [-0.15, -0.1) is 0 Å². The van der Waals surface area contributed by atoms with E-state index >= 15 is 0 Å². The molecule has 0 fully saturated rings. The standard InChI is InChI=1S/C13H14O4/c14-13(15)7-12-9-16-11(8-17-12)6-10-4-2-1-3-5-10/h1-2,4,8-9H,3,5-7H2,(H,14,15). The van der Waals surface area contributed by atoms with Crippen LogP contribution in [0.3, 0.4) is 0 Å². The average molecular weight is 234 g/mol. The van der Waals surface area contributed by atoms with Crippen LogP contribution in [0, 0.1) is 0 Å². The highest BCUT2D eigenvalue weighted by atomic mass is 16.5. The van der Waals surface area contributed by atoms with Crippen molar-refractivity contribution in [2.45, 2.75) is 25.7 Å². The third-order valence-corrected chi connectivity index (χ3v) is 2.51. The van der Waals surface area contributed by atoms with Crippen molar-refractivity contribution in [3.63, 3.8) is 0 Å². The highest BCUT2D eigenvalue weighted by Gasteiger charge is 2.13. The summed E-state index contributed by atoms with van der Waals surface area (Å²) in [5, 5.41) is 8.58. The predicted octanol–water partition coefficient (Wildman–Crippen LogP) is 2.86. The Hall–Kier alpha value is -1.97. The molecule has 1 N–H and O–H groups in total. The number of hydrogen-bond donors (Lipinski definition) is 1. The summed E-state index contributed by atoms with van der Waals surface area (Å²) >= 11 is 0. The van der Waals surface area contributed by atoms with Crippen molar-refractivity contribution in [1.82, 2.24) is 0 Å². The molecule has 0 spiro atoms. The van der Waals surface area contributed by atoms with Crippen molar-refractivity contribution in [3.8, 4) is 0 Å². The largest absolute Gasteiger partial charge is 0.481 e. The molecule has 1 aliphatic heterocycles. The number of rotatable bonds is 4. The Morgan fingerprint density at radius 2 is 2.06 bits per heavy atom. The van der Waals surface area contributed by atoms with Gasteiger partial charge in [0.1, 0.15) is 30.5 Å². The monoisotopic (exact) mass is 234 g/mol. The van der Waals surface area contributed by atoms with Crippen molar-refractivity contribution >= 4 is 5.97 Å². The summed E-state index contributed by atoms with van der Waals surface area (Å²) in [6.07, 6.45) is 11.7. The first-order valence-corrected chi connectivity index (χ1v) is 5.52. The van der Waals surface area contributed by atoms with Gasteiger partial charge in [-0.1, -0.05) is 23.8 Å². The summed E-state index contributed by atoms with van der Waals surface area (Å²) in [5.74, 6) is 0.0938. The quantitative estimate of drug-likeness (QED) is 0.812. The second-order valence-electron chi connectivity index (χ2n) is 3.94. The topological polar surface area (TPSA) is 55.8 Å². The molecule has 1 aliphatic carbocycles. The summed E-state index contributed by atoms with van der Waals surface area (Å²) < 4.78 is 10.5. The summed E-state index contributed by atoms with van der Waals surface area (Å²) in [7, 11) is 0. The smallest absolute Gasteiger partial charge is 0.311 e. The Morgan fingerprint density at radius 1 is 1.29 bits per heavy atom. The fourth-order valence-electron chi connectivity index (χ4n) is 1.68. The summed E-state index contributed by atoms with van der Waals surface area (Å²) in [6, 6.07) is 0. The van der Waals surface area contributed by atoms with Crippen LogP contribution in [0.25, 0.3) is 0 Å².